The lowest BCUT2D eigenvalue weighted by molar-refractivity contribution is 0.589. The Hall–Kier alpha value is -2.00. The molecule has 76 valence electrons. The summed E-state index contributed by atoms with van der Waals surface area (Å²) in [5, 5.41) is 17.3. The molecule has 0 fully saturated rings. The molecule has 0 spiro atoms. The zero-order valence-corrected chi connectivity index (χ0v) is 9.15. The Kier molecular flexibility index (Phi) is 3.31. The van der Waals surface area contributed by atoms with Gasteiger partial charge in [0.25, 0.3) is 0 Å². The number of aromatic nitrogens is 1. The van der Waals surface area contributed by atoms with Crippen molar-refractivity contribution in [3.8, 4) is 12.1 Å². The standard InChI is InChI=1S/C12H13N3/c1-9(2)15-8-11(4-10(15)3)5-12(6-13)7-14/h4-5,8-9H,1-3H3. The normalized spacial score (nSPS) is 9.47. The van der Waals surface area contributed by atoms with Crippen LogP contribution in [-0.4, -0.2) is 4.57 Å². The number of allylic oxidation sites excluding steroid dienone is 1. The highest BCUT2D eigenvalue weighted by molar-refractivity contribution is 5.62. The van der Waals surface area contributed by atoms with Crippen molar-refractivity contribution in [2.24, 2.45) is 0 Å². The Morgan fingerprint density at radius 2 is 2.00 bits per heavy atom. The Labute approximate surface area is 89.9 Å². The smallest absolute Gasteiger partial charge is 0.130 e. The summed E-state index contributed by atoms with van der Waals surface area (Å²) in [6.07, 6.45) is 3.56. The Bertz CT molecular complexity index is 448. The quantitative estimate of drug-likeness (QED) is 0.688. The van der Waals surface area contributed by atoms with Gasteiger partial charge in [0.2, 0.25) is 0 Å². The molecule has 0 atom stereocenters. The molecule has 0 unspecified atom stereocenters. The second kappa shape index (κ2) is 4.48. The van der Waals surface area contributed by atoms with Gasteiger partial charge >= 0.3 is 0 Å². The van der Waals surface area contributed by atoms with Gasteiger partial charge in [0.1, 0.15) is 17.7 Å². The molecule has 1 aromatic rings. The highest BCUT2D eigenvalue weighted by atomic mass is 15.0. The van der Waals surface area contributed by atoms with Crippen molar-refractivity contribution >= 4 is 6.08 Å². The summed E-state index contributed by atoms with van der Waals surface area (Å²) in [5.74, 6) is 0. The molecular formula is C12H13N3. The number of hydrogen-bond donors (Lipinski definition) is 0. The van der Waals surface area contributed by atoms with Crippen LogP contribution in [0.1, 0.15) is 31.1 Å². The van der Waals surface area contributed by atoms with Gasteiger partial charge in [0, 0.05) is 17.9 Å². The van der Waals surface area contributed by atoms with E-state index in [9.17, 15) is 0 Å². The molecule has 3 heteroatoms. The van der Waals surface area contributed by atoms with Crippen LogP contribution >= 0.6 is 0 Å². The summed E-state index contributed by atoms with van der Waals surface area (Å²) < 4.78 is 2.11. The molecule has 0 N–H and O–H groups in total. The van der Waals surface area contributed by atoms with Crippen LogP contribution in [0, 0.1) is 29.6 Å². The molecule has 0 amide bonds. The first-order valence-electron chi connectivity index (χ1n) is 4.79. The second-order valence-electron chi connectivity index (χ2n) is 3.70. The molecule has 0 bridgehead atoms. The van der Waals surface area contributed by atoms with E-state index in [1.165, 1.54) is 0 Å². The molecule has 1 aromatic heterocycles. The van der Waals surface area contributed by atoms with E-state index in [0.29, 0.717) is 6.04 Å². The number of nitriles is 2. The van der Waals surface area contributed by atoms with Crippen LogP contribution in [0.2, 0.25) is 0 Å². The molecule has 0 aliphatic heterocycles. The van der Waals surface area contributed by atoms with Gasteiger partial charge in [-0.1, -0.05) is 0 Å². The van der Waals surface area contributed by atoms with E-state index in [1.807, 2.05) is 31.3 Å². The first-order chi connectivity index (χ1) is 7.08. The van der Waals surface area contributed by atoms with Crippen LogP contribution in [0.15, 0.2) is 17.8 Å². The van der Waals surface area contributed by atoms with Crippen molar-refractivity contribution < 1.29 is 0 Å². The fourth-order valence-corrected chi connectivity index (χ4v) is 1.51. The van der Waals surface area contributed by atoms with E-state index in [-0.39, 0.29) is 5.57 Å². The molecule has 0 aromatic carbocycles. The molecule has 3 nitrogen and oxygen atoms in total. The molecule has 0 saturated heterocycles. The first-order valence-corrected chi connectivity index (χ1v) is 4.79. The van der Waals surface area contributed by atoms with Crippen LogP contribution in [0.4, 0.5) is 0 Å². The van der Waals surface area contributed by atoms with Crippen LogP contribution in [0.5, 0.6) is 0 Å². The summed E-state index contributed by atoms with van der Waals surface area (Å²) in [6.45, 7) is 6.20. The third-order valence-corrected chi connectivity index (χ3v) is 2.18. The van der Waals surface area contributed by atoms with Gasteiger partial charge in [-0.05, 0) is 38.5 Å². The molecule has 0 aliphatic rings. The van der Waals surface area contributed by atoms with Crippen molar-refractivity contribution in [2.45, 2.75) is 26.8 Å². The van der Waals surface area contributed by atoms with E-state index >= 15 is 0 Å². The summed E-state index contributed by atoms with van der Waals surface area (Å²) in [6, 6.07) is 6.05. The van der Waals surface area contributed by atoms with Crippen molar-refractivity contribution in [1.82, 2.24) is 4.57 Å². The van der Waals surface area contributed by atoms with Crippen molar-refractivity contribution in [3.05, 3.63) is 29.1 Å². The molecule has 0 aliphatic carbocycles. The fraction of sp³-hybridized carbons (Fsp3) is 0.333. The van der Waals surface area contributed by atoms with E-state index < -0.39 is 0 Å². The number of hydrogen-bond acceptors (Lipinski definition) is 2. The fourth-order valence-electron chi connectivity index (χ4n) is 1.51. The summed E-state index contributed by atoms with van der Waals surface area (Å²) in [7, 11) is 0. The summed E-state index contributed by atoms with van der Waals surface area (Å²) in [5.41, 5.74) is 2.17. The largest absolute Gasteiger partial charge is 0.349 e. The predicted octanol–water partition coefficient (Wildman–Crippen LogP) is 2.81. The third kappa shape index (κ3) is 2.48. The van der Waals surface area contributed by atoms with Crippen molar-refractivity contribution in [2.75, 3.05) is 0 Å². The lowest BCUT2D eigenvalue weighted by atomic mass is 10.2. The molecular weight excluding hydrogens is 186 g/mol. The predicted molar refractivity (Wildman–Crippen MR) is 58.8 cm³/mol. The maximum Gasteiger partial charge on any atom is 0.130 e. The lowest BCUT2D eigenvalue weighted by Gasteiger charge is -2.08. The highest BCUT2D eigenvalue weighted by Crippen LogP contribution is 2.16. The molecule has 15 heavy (non-hydrogen) atoms. The summed E-state index contributed by atoms with van der Waals surface area (Å²) >= 11 is 0. The Morgan fingerprint density at radius 1 is 1.40 bits per heavy atom. The van der Waals surface area contributed by atoms with E-state index in [1.54, 1.807) is 6.08 Å². The van der Waals surface area contributed by atoms with Crippen LogP contribution < -0.4 is 0 Å². The molecule has 0 saturated carbocycles. The van der Waals surface area contributed by atoms with E-state index in [2.05, 4.69) is 18.4 Å². The summed E-state index contributed by atoms with van der Waals surface area (Å²) in [4.78, 5) is 0. The van der Waals surface area contributed by atoms with Gasteiger partial charge in [0.05, 0.1) is 0 Å². The van der Waals surface area contributed by atoms with Crippen LogP contribution in [0.25, 0.3) is 6.08 Å². The maximum atomic E-state index is 8.63. The third-order valence-electron chi connectivity index (χ3n) is 2.18. The van der Waals surface area contributed by atoms with Crippen molar-refractivity contribution in [1.29, 1.82) is 10.5 Å². The zero-order valence-electron chi connectivity index (χ0n) is 9.15. The average Bonchev–Trinajstić information content (AvgIpc) is 2.56. The number of aryl methyl sites for hydroxylation is 1. The molecule has 1 heterocycles. The topological polar surface area (TPSA) is 52.5 Å². The first kappa shape index (κ1) is 11.1. The highest BCUT2D eigenvalue weighted by Gasteiger charge is 2.04. The monoisotopic (exact) mass is 199 g/mol. The minimum Gasteiger partial charge on any atom is -0.349 e. The molecule has 0 radical (unpaired) electrons. The SMILES string of the molecule is Cc1cc(C=C(C#N)C#N)cn1C(C)C. The van der Waals surface area contributed by atoms with Gasteiger partial charge in [-0.2, -0.15) is 10.5 Å². The Morgan fingerprint density at radius 3 is 2.40 bits per heavy atom. The van der Waals surface area contributed by atoms with Crippen molar-refractivity contribution in [3.63, 3.8) is 0 Å². The van der Waals surface area contributed by atoms with Gasteiger partial charge < -0.3 is 4.57 Å². The minimum atomic E-state index is 0.135. The van der Waals surface area contributed by atoms with E-state index in [0.717, 1.165) is 11.3 Å². The van der Waals surface area contributed by atoms with Gasteiger partial charge in [0.15, 0.2) is 0 Å². The van der Waals surface area contributed by atoms with E-state index in [4.69, 9.17) is 10.5 Å². The van der Waals surface area contributed by atoms with Gasteiger partial charge in [-0.15, -0.1) is 0 Å². The Balaban J connectivity index is 3.11. The lowest BCUT2D eigenvalue weighted by Crippen LogP contribution is -1.99. The van der Waals surface area contributed by atoms with Crippen LogP contribution in [-0.2, 0) is 0 Å². The number of rotatable bonds is 2. The van der Waals surface area contributed by atoms with Crippen LogP contribution in [0.3, 0.4) is 0 Å². The minimum absolute atomic E-state index is 0.135. The zero-order chi connectivity index (χ0) is 11.4. The average molecular weight is 199 g/mol. The second-order valence-corrected chi connectivity index (χ2v) is 3.70. The maximum absolute atomic E-state index is 8.63. The van der Waals surface area contributed by atoms with Gasteiger partial charge in [-0.25, -0.2) is 0 Å². The molecule has 1 rings (SSSR count). The number of nitrogens with zero attached hydrogens (tertiary/aromatic N) is 3. The van der Waals surface area contributed by atoms with Gasteiger partial charge in [-0.3, -0.25) is 0 Å².